The minimum Gasteiger partial charge on any atom is -0.460 e. The Kier molecular flexibility index (Phi) is 3.25. The average Bonchev–Trinajstić information content (AvgIpc) is 3.43. The van der Waals surface area contributed by atoms with E-state index in [-0.39, 0.29) is 11.2 Å². The van der Waals surface area contributed by atoms with Gasteiger partial charge in [-0.3, -0.25) is 14.9 Å². The molecule has 5 rings (SSSR count). The summed E-state index contributed by atoms with van der Waals surface area (Å²) in [5.74, 6) is 1.28. The first-order valence-corrected chi connectivity index (χ1v) is 8.83. The highest BCUT2D eigenvalue weighted by Gasteiger charge is 2.29. The topological polar surface area (TPSA) is 78.3 Å². The Labute approximate surface area is 153 Å². The number of hydrogen-bond donors (Lipinski definition) is 0. The molecule has 2 heterocycles. The number of benzene rings is 2. The van der Waals surface area contributed by atoms with Gasteiger partial charge in [-0.15, -0.1) is 0 Å². The number of aryl methyl sites for hydroxylation is 1. The molecule has 6 nitrogen and oxygen atoms in total. The van der Waals surface area contributed by atoms with Gasteiger partial charge in [-0.05, 0) is 30.4 Å². The number of hydrogen-bond acceptors (Lipinski definition) is 4. The second-order valence-corrected chi connectivity index (χ2v) is 7.10. The molecule has 134 valence electrons. The van der Waals surface area contributed by atoms with Gasteiger partial charge in [0, 0.05) is 53.2 Å². The zero-order valence-electron chi connectivity index (χ0n) is 14.6. The van der Waals surface area contributed by atoms with Gasteiger partial charge in [0.25, 0.3) is 11.2 Å². The van der Waals surface area contributed by atoms with Gasteiger partial charge in [0.1, 0.15) is 11.3 Å². The summed E-state index contributed by atoms with van der Waals surface area (Å²) in [5, 5.41) is 13.5. The lowest BCUT2D eigenvalue weighted by Crippen LogP contribution is -2.16. The Balaban J connectivity index is 1.90. The van der Waals surface area contributed by atoms with Gasteiger partial charge in [0.05, 0.1) is 4.92 Å². The van der Waals surface area contributed by atoms with Crippen LogP contribution in [-0.2, 0) is 7.05 Å². The maximum Gasteiger partial charge on any atom is 0.270 e. The van der Waals surface area contributed by atoms with Crippen LogP contribution in [0, 0.1) is 10.1 Å². The van der Waals surface area contributed by atoms with Crippen molar-refractivity contribution in [3.8, 4) is 11.1 Å². The lowest BCUT2D eigenvalue weighted by Gasteiger charge is -2.10. The number of non-ortho nitro benzene ring substituents is 1. The predicted molar refractivity (Wildman–Crippen MR) is 103 cm³/mol. The van der Waals surface area contributed by atoms with E-state index in [4.69, 9.17) is 4.42 Å². The highest BCUT2D eigenvalue weighted by atomic mass is 16.6. The maximum absolute atomic E-state index is 12.5. The van der Waals surface area contributed by atoms with E-state index in [2.05, 4.69) is 0 Å². The van der Waals surface area contributed by atoms with E-state index in [9.17, 15) is 14.9 Å². The number of pyridine rings is 1. The molecule has 0 amide bonds. The number of nitrogens with zero attached hydrogens (tertiary/aromatic N) is 2. The normalized spacial score (nSPS) is 14.1. The third-order valence-corrected chi connectivity index (χ3v) is 5.19. The molecule has 0 radical (unpaired) electrons. The second-order valence-electron chi connectivity index (χ2n) is 7.10. The van der Waals surface area contributed by atoms with E-state index < -0.39 is 4.92 Å². The van der Waals surface area contributed by atoms with Gasteiger partial charge in [0.2, 0.25) is 0 Å². The second kappa shape index (κ2) is 5.54. The van der Waals surface area contributed by atoms with Crippen molar-refractivity contribution in [1.29, 1.82) is 0 Å². The number of nitro groups is 1. The molecule has 1 aliphatic rings. The number of aromatic nitrogens is 1. The van der Waals surface area contributed by atoms with Crippen molar-refractivity contribution in [2.24, 2.45) is 7.05 Å². The fourth-order valence-corrected chi connectivity index (χ4v) is 3.66. The monoisotopic (exact) mass is 360 g/mol. The summed E-state index contributed by atoms with van der Waals surface area (Å²) < 4.78 is 7.63. The molecular formula is C21H16N2O4. The van der Waals surface area contributed by atoms with Gasteiger partial charge in [-0.25, -0.2) is 0 Å². The van der Waals surface area contributed by atoms with E-state index in [1.165, 1.54) is 10.6 Å². The van der Waals surface area contributed by atoms with Crippen LogP contribution in [0.15, 0.2) is 57.9 Å². The SMILES string of the molecule is Cn1cc(-c2cc([N+](=O)[O-])cc3cc(C4CC4)oc23)c2ccccc2c1=O. The summed E-state index contributed by atoms with van der Waals surface area (Å²) in [6.45, 7) is 0. The van der Waals surface area contributed by atoms with Crippen LogP contribution in [0.5, 0.6) is 0 Å². The summed E-state index contributed by atoms with van der Waals surface area (Å²) >= 11 is 0. The molecule has 6 heteroatoms. The Bertz CT molecular complexity index is 1300. The molecule has 1 fully saturated rings. The third kappa shape index (κ3) is 2.44. The molecule has 1 saturated carbocycles. The first kappa shape index (κ1) is 15.8. The Hall–Kier alpha value is -3.41. The molecule has 2 aromatic heterocycles. The number of rotatable bonds is 3. The minimum atomic E-state index is -0.392. The zero-order valence-corrected chi connectivity index (χ0v) is 14.6. The predicted octanol–water partition coefficient (Wildman–Crippen LogP) is 4.74. The zero-order chi connectivity index (χ0) is 18.7. The number of fused-ring (bicyclic) bond motifs is 2. The average molecular weight is 360 g/mol. The van der Waals surface area contributed by atoms with Crippen LogP contribution in [0.25, 0.3) is 32.9 Å². The van der Waals surface area contributed by atoms with E-state index in [0.29, 0.717) is 22.5 Å². The first-order chi connectivity index (χ1) is 13.0. The maximum atomic E-state index is 12.5. The lowest BCUT2D eigenvalue weighted by atomic mass is 9.98. The Morgan fingerprint density at radius 2 is 1.85 bits per heavy atom. The van der Waals surface area contributed by atoms with Crippen molar-refractivity contribution >= 4 is 27.4 Å². The molecule has 0 bridgehead atoms. The van der Waals surface area contributed by atoms with E-state index in [1.807, 2.05) is 24.3 Å². The number of nitro benzene ring substituents is 1. The van der Waals surface area contributed by atoms with Gasteiger partial charge in [-0.1, -0.05) is 18.2 Å². The largest absolute Gasteiger partial charge is 0.460 e. The summed E-state index contributed by atoms with van der Waals surface area (Å²) in [4.78, 5) is 23.6. The molecule has 0 atom stereocenters. The highest BCUT2D eigenvalue weighted by Crippen LogP contribution is 2.45. The van der Waals surface area contributed by atoms with Crippen molar-refractivity contribution < 1.29 is 9.34 Å². The van der Waals surface area contributed by atoms with Gasteiger partial charge >= 0.3 is 0 Å². The molecule has 27 heavy (non-hydrogen) atoms. The third-order valence-electron chi connectivity index (χ3n) is 5.19. The van der Waals surface area contributed by atoms with E-state index in [0.717, 1.165) is 34.9 Å². The number of furan rings is 1. The van der Waals surface area contributed by atoms with Gasteiger partial charge in [-0.2, -0.15) is 0 Å². The molecule has 0 N–H and O–H groups in total. The molecule has 2 aromatic carbocycles. The summed E-state index contributed by atoms with van der Waals surface area (Å²) in [7, 11) is 1.69. The standard InChI is InChI=1S/C21H16N2O4/c1-22-11-18(15-4-2-3-5-16(15)21(22)24)17-10-14(23(25)26)8-13-9-19(12-6-7-12)27-20(13)17/h2-5,8-12H,6-7H2,1H3. The van der Waals surface area contributed by atoms with Gasteiger partial charge < -0.3 is 8.98 Å². The summed E-state index contributed by atoms with van der Waals surface area (Å²) in [5.41, 5.74) is 1.93. The van der Waals surface area contributed by atoms with E-state index in [1.54, 1.807) is 25.4 Å². The van der Waals surface area contributed by atoms with Crippen LogP contribution < -0.4 is 5.56 Å². The Morgan fingerprint density at radius 1 is 1.11 bits per heavy atom. The Morgan fingerprint density at radius 3 is 2.56 bits per heavy atom. The van der Waals surface area contributed by atoms with Crippen molar-refractivity contribution in [1.82, 2.24) is 4.57 Å². The fraction of sp³-hybridized carbons (Fsp3) is 0.190. The molecule has 0 spiro atoms. The van der Waals surface area contributed by atoms with Crippen LogP contribution in [0.2, 0.25) is 0 Å². The van der Waals surface area contributed by atoms with Crippen molar-refractivity contribution in [2.45, 2.75) is 18.8 Å². The molecular weight excluding hydrogens is 344 g/mol. The minimum absolute atomic E-state index is 0.0126. The van der Waals surface area contributed by atoms with E-state index >= 15 is 0 Å². The van der Waals surface area contributed by atoms with Crippen LogP contribution in [0.4, 0.5) is 5.69 Å². The fourth-order valence-electron chi connectivity index (χ4n) is 3.66. The molecule has 0 unspecified atom stereocenters. The smallest absolute Gasteiger partial charge is 0.270 e. The van der Waals surface area contributed by atoms with Crippen molar-refractivity contribution in [3.63, 3.8) is 0 Å². The molecule has 4 aromatic rings. The van der Waals surface area contributed by atoms with Crippen molar-refractivity contribution in [3.05, 3.63) is 74.9 Å². The quantitative estimate of drug-likeness (QED) is 0.390. The molecule has 0 aliphatic heterocycles. The van der Waals surface area contributed by atoms with Crippen LogP contribution in [-0.4, -0.2) is 9.49 Å². The first-order valence-electron chi connectivity index (χ1n) is 8.83. The molecule has 1 aliphatic carbocycles. The van der Waals surface area contributed by atoms with Crippen LogP contribution in [0.1, 0.15) is 24.5 Å². The lowest BCUT2D eigenvalue weighted by molar-refractivity contribution is -0.384. The van der Waals surface area contributed by atoms with Gasteiger partial charge in [0.15, 0.2) is 0 Å². The van der Waals surface area contributed by atoms with Crippen molar-refractivity contribution in [2.75, 3.05) is 0 Å². The highest BCUT2D eigenvalue weighted by molar-refractivity contribution is 6.04. The summed E-state index contributed by atoms with van der Waals surface area (Å²) in [6, 6.07) is 12.3. The van der Waals surface area contributed by atoms with Crippen LogP contribution >= 0.6 is 0 Å². The molecule has 0 saturated heterocycles. The summed E-state index contributed by atoms with van der Waals surface area (Å²) in [6.07, 6.45) is 3.89. The van der Waals surface area contributed by atoms with Crippen LogP contribution in [0.3, 0.4) is 0 Å².